The molecule has 1 aromatic rings. The van der Waals surface area contributed by atoms with E-state index in [1.807, 2.05) is 11.9 Å². The van der Waals surface area contributed by atoms with Crippen molar-refractivity contribution in [2.75, 3.05) is 63.9 Å². The second-order valence-electron chi connectivity index (χ2n) is 8.45. The highest BCUT2D eigenvalue weighted by molar-refractivity contribution is 7.92. The SMILES string of the molecule is Cc1cc([N+](=O)[O-])cc(S(=O)(=O)C2CCN(C)CC2)c1N(CCOS(C)(=O)=O)CCOS(C)(=O)=O. The number of anilines is 1. The molecular formula is C19H31N3O10S3. The van der Waals surface area contributed by atoms with Gasteiger partial charge in [-0.2, -0.15) is 16.8 Å². The van der Waals surface area contributed by atoms with Crippen molar-refractivity contribution in [2.24, 2.45) is 0 Å². The second kappa shape index (κ2) is 11.5. The highest BCUT2D eigenvalue weighted by Gasteiger charge is 2.35. The summed E-state index contributed by atoms with van der Waals surface area (Å²) in [5.41, 5.74) is -0.0365. The summed E-state index contributed by atoms with van der Waals surface area (Å²) in [6, 6.07) is 2.21. The lowest BCUT2D eigenvalue weighted by Crippen LogP contribution is -2.38. The van der Waals surface area contributed by atoms with Gasteiger partial charge in [0, 0.05) is 25.2 Å². The number of hydrogen-bond acceptors (Lipinski definition) is 12. The molecule has 0 bridgehead atoms. The van der Waals surface area contributed by atoms with Gasteiger partial charge in [-0.05, 0) is 45.5 Å². The van der Waals surface area contributed by atoms with Gasteiger partial charge in [0.15, 0.2) is 9.84 Å². The van der Waals surface area contributed by atoms with Crippen LogP contribution in [0.4, 0.5) is 11.4 Å². The van der Waals surface area contributed by atoms with Crippen molar-refractivity contribution in [1.29, 1.82) is 0 Å². The lowest BCUT2D eigenvalue weighted by atomic mass is 10.1. The van der Waals surface area contributed by atoms with E-state index in [2.05, 4.69) is 0 Å². The van der Waals surface area contributed by atoms with Crippen LogP contribution in [-0.2, 0) is 38.4 Å². The Balaban J connectivity index is 2.57. The summed E-state index contributed by atoms with van der Waals surface area (Å²) in [6.07, 6.45) is 2.40. The number of hydrogen-bond donors (Lipinski definition) is 0. The summed E-state index contributed by atoms with van der Waals surface area (Å²) in [5, 5.41) is 10.8. The Bertz CT molecular complexity index is 1200. The van der Waals surface area contributed by atoms with E-state index in [-0.39, 0.29) is 42.4 Å². The van der Waals surface area contributed by atoms with Crippen LogP contribution < -0.4 is 4.90 Å². The van der Waals surface area contributed by atoms with Crippen LogP contribution in [0.5, 0.6) is 0 Å². The Labute approximate surface area is 206 Å². The number of non-ortho nitro benzene ring substituents is 1. The normalized spacial score (nSPS) is 16.3. The molecule has 0 unspecified atom stereocenters. The van der Waals surface area contributed by atoms with Crippen molar-refractivity contribution < 1.29 is 38.5 Å². The number of rotatable bonds is 12. The fourth-order valence-electron chi connectivity index (χ4n) is 3.86. The van der Waals surface area contributed by atoms with E-state index in [4.69, 9.17) is 8.37 Å². The third-order valence-corrected chi connectivity index (χ3v) is 8.97. The van der Waals surface area contributed by atoms with Crippen molar-refractivity contribution in [3.63, 3.8) is 0 Å². The molecule has 0 aliphatic carbocycles. The largest absolute Gasteiger partial charge is 0.366 e. The third-order valence-electron chi connectivity index (χ3n) is 5.51. The summed E-state index contributed by atoms with van der Waals surface area (Å²) >= 11 is 0. The number of likely N-dealkylation sites (tertiary alicyclic amines) is 1. The zero-order valence-electron chi connectivity index (χ0n) is 20.0. The first-order valence-electron chi connectivity index (χ1n) is 10.7. The number of piperidine rings is 1. The number of nitrogens with zero attached hydrogens (tertiary/aromatic N) is 3. The summed E-state index contributed by atoms with van der Waals surface area (Å²) in [6.45, 7) is 1.58. The van der Waals surface area contributed by atoms with E-state index < -0.39 is 45.9 Å². The number of sulfone groups is 1. The number of nitro groups is 1. The van der Waals surface area contributed by atoms with Gasteiger partial charge in [0.2, 0.25) is 0 Å². The van der Waals surface area contributed by atoms with Crippen LogP contribution in [-0.4, -0.2) is 99.3 Å². The first kappa shape index (κ1) is 29.4. The minimum Gasteiger partial charge on any atom is -0.366 e. The molecule has 1 aliphatic rings. The molecule has 1 aliphatic heterocycles. The van der Waals surface area contributed by atoms with E-state index in [1.54, 1.807) is 0 Å². The van der Waals surface area contributed by atoms with Crippen LogP contribution in [0, 0.1) is 17.0 Å². The molecule has 35 heavy (non-hydrogen) atoms. The molecule has 0 spiro atoms. The molecule has 0 amide bonds. The van der Waals surface area contributed by atoms with Crippen LogP contribution in [0.3, 0.4) is 0 Å². The molecule has 1 heterocycles. The maximum absolute atomic E-state index is 13.7. The Hall–Kier alpha value is -1.85. The number of benzene rings is 1. The highest BCUT2D eigenvalue weighted by atomic mass is 32.2. The van der Waals surface area contributed by atoms with Crippen LogP contribution in [0.1, 0.15) is 18.4 Å². The zero-order valence-corrected chi connectivity index (χ0v) is 22.5. The fourth-order valence-corrected chi connectivity index (χ4v) is 6.65. The predicted molar refractivity (Wildman–Crippen MR) is 129 cm³/mol. The van der Waals surface area contributed by atoms with Crippen molar-refractivity contribution in [3.8, 4) is 0 Å². The molecule has 1 fully saturated rings. The van der Waals surface area contributed by atoms with E-state index in [0.29, 0.717) is 25.9 Å². The molecule has 0 saturated carbocycles. The van der Waals surface area contributed by atoms with Gasteiger partial charge in [-0.25, -0.2) is 8.42 Å². The maximum atomic E-state index is 13.7. The average Bonchev–Trinajstić information content (AvgIpc) is 2.70. The van der Waals surface area contributed by atoms with Crippen LogP contribution >= 0.6 is 0 Å². The molecule has 13 nitrogen and oxygen atoms in total. The summed E-state index contributed by atoms with van der Waals surface area (Å²) < 4.78 is 82.6. The Morgan fingerprint density at radius 3 is 1.91 bits per heavy atom. The average molecular weight is 558 g/mol. The molecule has 0 radical (unpaired) electrons. The molecule has 1 aromatic carbocycles. The lowest BCUT2D eigenvalue weighted by Gasteiger charge is -2.32. The number of nitro benzene ring substituents is 1. The van der Waals surface area contributed by atoms with Gasteiger partial charge in [0.05, 0.1) is 46.5 Å². The first-order chi connectivity index (χ1) is 16.0. The van der Waals surface area contributed by atoms with Gasteiger partial charge in [0.25, 0.3) is 25.9 Å². The summed E-state index contributed by atoms with van der Waals surface area (Å²) in [5.74, 6) is 0. The summed E-state index contributed by atoms with van der Waals surface area (Å²) in [7, 11) is -9.77. The van der Waals surface area contributed by atoms with Crippen molar-refractivity contribution in [2.45, 2.75) is 29.9 Å². The van der Waals surface area contributed by atoms with Crippen molar-refractivity contribution in [3.05, 3.63) is 27.8 Å². The Morgan fingerprint density at radius 2 is 1.49 bits per heavy atom. The fraction of sp³-hybridized carbons (Fsp3) is 0.684. The third kappa shape index (κ3) is 8.64. The van der Waals surface area contributed by atoms with Gasteiger partial charge in [0.1, 0.15) is 0 Å². The van der Waals surface area contributed by atoms with Crippen LogP contribution in [0.2, 0.25) is 0 Å². The lowest BCUT2D eigenvalue weighted by molar-refractivity contribution is -0.385. The van der Waals surface area contributed by atoms with Gasteiger partial charge in [-0.1, -0.05) is 0 Å². The molecule has 1 saturated heterocycles. The van der Waals surface area contributed by atoms with Crippen LogP contribution in [0.15, 0.2) is 17.0 Å². The van der Waals surface area contributed by atoms with Gasteiger partial charge in [-0.3, -0.25) is 18.5 Å². The molecular weight excluding hydrogens is 526 g/mol. The number of aryl methyl sites for hydroxylation is 1. The van der Waals surface area contributed by atoms with E-state index in [0.717, 1.165) is 18.6 Å². The quantitative estimate of drug-likeness (QED) is 0.199. The minimum atomic E-state index is -4.04. The smallest absolute Gasteiger partial charge is 0.271 e. The second-order valence-corrected chi connectivity index (χ2v) is 13.9. The molecule has 2 rings (SSSR count). The van der Waals surface area contributed by atoms with Gasteiger partial charge >= 0.3 is 0 Å². The molecule has 200 valence electrons. The molecule has 0 N–H and O–H groups in total. The predicted octanol–water partition coefficient (Wildman–Crippen LogP) is 0.530. The van der Waals surface area contributed by atoms with E-state index >= 15 is 0 Å². The summed E-state index contributed by atoms with van der Waals surface area (Å²) in [4.78, 5) is 14.0. The Morgan fingerprint density at radius 1 is 1.00 bits per heavy atom. The van der Waals surface area contributed by atoms with Gasteiger partial charge in [-0.15, -0.1) is 0 Å². The van der Waals surface area contributed by atoms with Crippen molar-refractivity contribution in [1.82, 2.24) is 4.90 Å². The van der Waals surface area contributed by atoms with E-state index in [9.17, 15) is 35.4 Å². The maximum Gasteiger partial charge on any atom is 0.271 e. The van der Waals surface area contributed by atoms with Crippen LogP contribution in [0.25, 0.3) is 0 Å². The monoisotopic (exact) mass is 557 g/mol. The minimum absolute atomic E-state index is 0.115. The highest BCUT2D eigenvalue weighted by Crippen LogP contribution is 2.37. The van der Waals surface area contributed by atoms with Crippen molar-refractivity contribution >= 4 is 41.4 Å². The Kier molecular flexibility index (Phi) is 9.63. The zero-order chi connectivity index (χ0) is 26.6. The van der Waals surface area contributed by atoms with Gasteiger partial charge < -0.3 is 9.80 Å². The standard InChI is InChI=1S/C19H31N3O10S3/c1-15-13-16(22(23)24)14-18(35(29,30)17-5-7-20(2)8-6-17)19(15)21(9-11-31-33(3,25)26)10-12-32-34(4,27)28/h13-14,17H,5-12H2,1-4H3. The molecule has 0 atom stereocenters. The topological polar surface area (TPSA) is 170 Å². The molecule has 0 aromatic heterocycles. The van der Waals surface area contributed by atoms with E-state index in [1.165, 1.54) is 17.9 Å². The first-order valence-corrected chi connectivity index (χ1v) is 15.8. The molecule has 16 heteroatoms.